The molecule has 0 aliphatic heterocycles. The molecule has 2 nitrogen and oxygen atoms in total. The number of aryl methyl sites for hydroxylation is 1. The summed E-state index contributed by atoms with van der Waals surface area (Å²) < 4.78 is 2.35. The van der Waals surface area contributed by atoms with Crippen molar-refractivity contribution in [2.24, 2.45) is 7.05 Å². The molecule has 0 saturated carbocycles. The zero-order valence-corrected chi connectivity index (χ0v) is 26.1. The smallest absolute Gasteiger partial charge is 0.0568 e. The lowest BCUT2D eigenvalue weighted by Crippen LogP contribution is -2.09. The van der Waals surface area contributed by atoms with Gasteiger partial charge in [-0.3, -0.25) is 0 Å². The molecule has 2 heteroatoms. The van der Waals surface area contributed by atoms with Crippen molar-refractivity contribution in [3.63, 3.8) is 0 Å². The van der Waals surface area contributed by atoms with Gasteiger partial charge in [-0.25, -0.2) is 0 Å². The summed E-state index contributed by atoms with van der Waals surface area (Å²) in [4.78, 5) is 2.33. The van der Waals surface area contributed by atoms with Gasteiger partial charge < -0.3 is 9.47 Å². The molecule has 47 heavy (non-hydrogen) atoms. The molecule has 0 unspecified atom stereocenters. The molecular weight excluding hydrogens is 569 g/mol. The summed E-state index contributed by atoms with van der Waals surface area (Å²) in [6.45, 7) is 0. The molecule has 222 valence electrons. The Bertz CT molecular complexity index is 2560. The van der Waals surface area contributed by atoms with Crippen LogP contribution in [0.3, 0.4) is 0 Å². The van der Waals surface area contributed by atoms with Crippen LogP contribution in [-0.4, -0.2) is 4.57 Å². The third-order valence-corrected chi connectivity index (χ3v) is 9.55. The Morgan fingerprint density at radius 3 is 1.66 bits per heavy atom. The fourth-order valence-corrected chi connectivity index (χ4v) is 7.18. The molecule has 8 aromatic carbocycles. The summed E-state index contributed by atoms with van der Waals surface area (Å²) in [5, 5.41) is 7.61. The average molecular weight is 601 g/mol. The number of hydrogen-bond donors (Lipinski definition) is 0. The molecule has 0 fully saturated rings. The van der Waals surface area contributed by atoms with E-state index in [2.05, 4.69) is 192 Å². The van der Waals surface area contributed by atoms with Crippen LogP contribution >= 0.6 is 0 Å². The molecule has 0 saturated heterocycles. The van der Waals surface area contributed by atoms with Crippen molar-refractivity contribution in [2.45, 2.75) is 0 Å². The van der Waals surface area contributed by atoms with E-state index in [4.69, 9.17) is 0 Å². The molecule has 1 aromatic heterocycles. The van der Waals surface area contributed by atoms with Gasteiger partial charge in [0.15, 0.2) is 0 Å². The highest BCUT2D eigenvalue weighted by Crippen LogP contribution is 2.39. The lowest BCUT2D eigenvalue weighted by Gasteiger charge is -2.26. The third-order valence-electron chi connectivity index (χ3n) is 9.55. The van der Waals surface area contributed by atoms with E-state index in [1.807, 2.05) is 0 Å². The van der Waals surface area contributed by atoms with Crippen molar-refractivity contribution in [1.29, 1.82) is 0 Å². The Hall–Kier alpha value is -6.12. The molecule has 0 atom stereocenters. The van der Waals surface area contributed by atoms with Crippen LogP contribution in [0.1, 0.15) is 0 Å². The fraction of sp³-hybridized carbons (Fsp3) is 0.0222. The van der Waals surface area contributed by atoms with Crippen LogP contribution < -0.4 is 4.90 Å². The first-order valence-electron chi connectivity index (χ1n) is 16.2. The topological polar surface area (TPSA) is 8.17 Å². The Kier molecular flexibility index (Phi) is 6.39. The zero-order valence-electron chi connectivity index (χ0n) is 26.1. The Balaban J connectivity index is 1.07. The number of hydrogen-bond acceptors (Lipinski definition) is 1. The van der Waals surface area contributed by atoms with Crippen molar-refractivity contribution in [1.82, 2.24) is 4.57 Å². The van der Waals surface area contributed by atoms with Gasteiger partial charge in [0.1, 0.15) is 0 Å². The summed E-state index contributed by atoms with van der Waals surface area (Å²) >= 11 is 0. The quantitative estimate of drug-likeness (QED) is 0.191. The highest BCUT2D eigenvalue weighted by Gasteiger charge is 2.15. The standard InChI is InChI=1S/C45H32N2/c1-46-44-30-37-13-8-7-12-36(37)29-43(44)42-17-9-16-41(45(42)46)34-20-18-32(19-21-34)33-22-25-39(26-23-33)47(38-14-3-2-4-15-38)40-27-24-31-10-5-6-11-35(31)28-40/h2-30H,1H3. The van der Waals surface area contributed by atoms with E-state index in [0.29, 0.717) is 0 Å². The van der Waals surface area contributed by atoms with Crippen LogP contribution in [0.5, 0.6) is 0 Å². The number of para-hydroxylation sites is 2. The Labute approximate surface area is 274 Å². The number of aromatic nitrogens is 1. The average Bonchev–Trinajstić information content (AvgIpc) is 3.42. The largest absolute Gasteiger partial charge is 0.343 e. The van der Waals surface area contributed by atoms with Gasteiger partial charge in [-0.2, -0.15) is 0 Å². The second-order valence-corrected chi connectivity index (χ2v) is 12.3. The van der Waals surface area contributed by atoms with Crippen LogP contribution in [-0.2, 0) is 7.05 Å². The molecule has 0 aliphatic rings. The van der Waals surface area contributed by atoms with Crippen LogP contribution in [0.25, 0.3) is 65.6 Å². The van der Waals surface area contributed by atoms with Gasteiger partial charge >= 0.3 is 0 Å². The van der Waals surface area contributed by atoms with Gasteiger partial charge in [0, 0.05) is 46.0 Å². The summed E-state index contributed by atoms with van der Waals surface area (Å²) in [5.41, 5.74) is 10.8. The third kappa shape index (κ3) is 4.65. The minimum absolute atomic E-state index is 1.13. The molecule has 0 spiro atoms. The van der Waals surface area contributed by atoms with Crippen molar-refractivity contribution < 1.29 is 0 Å². The zero-order chi connectivity index (χ0) is 31.3. The number of rotatable bonds is 5. The molecule has 0 radical (unpaired) electrons. The van der Waals surface area contributed by atoms with Crippen molar-refractivity contribution in [2.75, 3.05) is 4.90 Å². The van der Waals surface area contributed by atoms with Crippen LogP contribution in [0.15, 0.2) is 176 Å². The lowest BCUT2D eigenvalue weighted by molar-refractivity contribution is 1.02. The van der Waals surface area contributed by atoms with E-state index in [1.165, 1.54) is 65.6 Å². The van der Waals surface area contributed by atoms with E-state index in [-0.39, 0.29) is 0 Å². The van der Waals surface area contributed by atoms with Gasteiger partial charge in [-0.05, 0) is 86.8 Å². The first-order valence-corrected chi connectivity index (χ1v) is 16.2. The van der Waals surface area contributed by atoms with Gasteiger partial charge in [-0.1, -0.05) is 127 Å². The number of benzene rings is 8. The maximum absolute atomic E-state index is 2.35. The number of nitrogens with zero attached hydrogens (tertiary/aromatic N) is 2. The van der Waals surface area contributed by atoms with Gasteiger partial charge in [0.05, 0.1) is 5.52 Å². The summed E-state index contributed by atoms with van der Waals surface area (Å²) in [6.07, 6.45) is 0. The SMILES string of the molecule is Cn1c2cc3ccccc3cc2c2cccc(-c3ccc(-c4ccc(N(c5ccccc5)c5ccc6ccccc6c5)cc4)cc3)c21. The maximum Gasteiger partial charge on any atom is 0.0568 e. The van der Waals surface area contributed by atoms with E-state index in [1.54, 1.807) is 0 Å². The minimum Gasteiger partial charge on any atom is -0.343 e. The highest BCUT2D eigenvalue weighted by molar-refractivity contribution is 6.16. The molecule has 0 aliphatic carbocycles. The Morgan fingerprint density at radius 1 is 0.383 bits per heavy atom. The van der Waals surface area contributed by atoms with E-state index in [9.17, 15) is 0 Å². The van der Waals surface area contributed by atoms with Crippen molar-refractivity contribution in [3.05, 3.63) is 176 Å². The normalized spacial score (nSPS) is 11.5. The molecule has 9 rings (SSSR count). The second-order valence-electron chi connectivity index (χ2n) is 12.3. The van der Waals surface area contributed by atoms with Crippen LogP contribution in [0, 0.1) is 0 Å². The number of anilines is 3. The molecule has 0 bridgehead atoms. The molecule has 0 amide bonds. The fourth-order valence-electron chi connectivity index (χ4n) is 7.18. The molecule has 0 N–H and O–H groups in total. The van der Waals surface area contributed by atoms with Gasteiger partial charge in [0.2, 0.25) is 0 Å². The summed E-state index contributed by atoms with van der Waals surface area (Å²) in [6, 6.07) is 63.7. The van der Waals surface area contributed by atoms with E-state index < -0.39 is 0 Å². The molecule has 9 aromatic rings. The molecular formula is C45H32N2. The van der Waals surface area contributed by atoms with Gasteiger partial charge in [-0.15, -0.1) is 0 Å². The van der Waals surface area contributed by atoms with E-state index >= 15 is 0 Å². The first kappa shape index (κ1) is 27.2. The highest BCUT2D eigenvalue weighted by atomic mass is 15.1. The van der Waals surface area contributed by atoms with Crippen molar-refractivity contribution in [3.8, 4) is 22.3 Å². The number of fused-ring (bicyclic) bond motifs is 5. The predicted molar refractivity (Wildman–Crippen MR) is 201 cm³/mol. The summed E-state index contributed by atoms with van der Waals surface area (Å²) in [7, 11) is 2.19. The summed E-state index contributed by atoms with van der Waals surface area (Å²) in [5.74, 6) is 0. The van der Waals surface area contributed by atoms with Gasteiger partial charge in [0.25, 0.3) is 0 Å². The van der Waals surface area contributed by atoms with Crippen LogP contribution in [0.4, 0.5) is 17.1 Å². The molecule has 1 heterocycles. The van der Waals surface area contributed by atoms with Crippen molar-refractivity contribution >= 4 is 60.4 Å². The minimum atomic E-state index is 1.13. The maximum atomic E-state index is 2.35. The lowest BCUT2D eigenvalue weighted by atomic mass is 9.98. The second kappa shape index (κ2) is 11.0. The predicted octanol–water partition coefficient (Wildman–Crippen LogP) is 12.4. The monoisotopic (exact) mass is 600 g/mol. The Morgan fingerprint density at radius 2 is 0.936 bits per heavy atom. The first-order chi connectivity index (χ1) is 23.2. The van der Waals surface area contributed by atoms with E-state index in [0.717, 1.165) is 17.1 Å². The van der Waals surface area contributed by atoms with Crippen LogP contribution in [0.2, 0.25) is 0 Å².